The van der Waals surface area contributed by atoms with Gasteiger partial charge in [0.1, 0.15) is 11.8 Å². The van der Waals surface area contributed by atoms with Crippen molar-refractivity contribution in [3.05, 3.63) is 44.4 Å². The van der Waals surface area contributed by atoms with Gasteiger partial charge in [0.2, 0.25) is 11.8 Å². The Kier molecular flexibility index (Phi) is 5.72. The summed E-state index contributed by atoms with van der Waals surface area (Å²) in [7, 11) is 0. The summed E-state index contributed by atoms with van der Waals surface area (Å²) in [5.74, 6) is -2.77. The maximum absolute atomic E-state index is 13.3. The fourth-order valence-corrected chi connectivity index (χ4v) is 7.22. The van der Waals surface area contributed by atoms with Gasteiger partial charge in [0.15, 0.2) is 0 Å². The highest BCUT2D eigenvalue weighted by Crippen LogP contribution is 2.54. The molecule has 4 rings (SSSR count). The molecule has 176 valence electrons. The highest BCUT2D eigenvalue weighted by atomic mass is 32.2. The second kappa shape index (κ2) is 8.01. The molecular weight excluding hydrogens is 481 g/mol. The van der Waals surface area contributed by atoms with Crippen molar-refractivity contribution in [2.24, 2.45) is 5.92 Å². The molecule has 0 spiro atoms. The predicted molar refractivity (Wildman–Crippen MR) is 115 cm³/mol. The predicted octanol–water partition coefficient (Wildman–Crippen LogP) is 3.43. The van der Waals surface area contributed by atoms with Crippen LogP contribution in [0.1, 0.15) is 31.2 Å². The number of nitrogens with zero attached hydrogens (tertiary/aromatic N) is 2. The number of anilines is 1. The summed E-state index contributed by atoms with van der Waals surface area (Å²) >= 11 is 1.88. The first kappa shape index (κ1) is 23.6. The molecular formula is C21H19F3N2O5S2. The number of aromatic nitrogens is 1. The molecule has 2 atom stereocenters. The summed E-state index contributed by atoms with van der Waals surface area (Å²) in [6, 6.07) is 4.07. The molecule has 0 radical (unpaired) electrons. The van der Waals surface area contributed by atoms with Gasteiger partial charge in [-0.05, 0) is 25.1 Å². The summed E-state index contributed by atoms with van der Waals surface area (Å²) in [5.41, 5.74) is -2.08. The van der Waals surface area contributed by atoms with E-state index in [9.17, 15) is 32.3 Å². The van der Waals surface area contributed by atoms with E-state index >= 15 is 0 Å². The van der Waals surface area contributed by atoms with Gasteiger partial charge in [-0.1, -0.05) is 43.0 Å². The highest BCUT2D eigenvalue weighted by Gasteiger charge is 2.59. The average Bonchev–Trinajstić information content (AvgIpc) is 3.17. The maximum Gasteiger partial charge on any atom is 0.416 e. The van der Waals surface area contributed by atoms with Crippen molar-refractivity contribution in [3.8, 4) is 0 Å². The number of amides is 2. The van der Waals surface area contributed by atoms with Crippen LogP contribution in [0.5, 0.6) is 0 Å². The number of hydrogen-bond acceptors (Lipinski definition) is 7. The van der Waals surface area contributed by atoms with E-state index in [4.69, 9.17) is 4.74 Å². The van der Waals surface area contributed by atoms with Gasteiger partial charge in [-0.2, -0.15) is 13.2 Å². The standard InChI is InChI=1S/C21H19F3N2O5S2/c1-4-31-12(27)9-25-18-15(33-19(25)30)20(2,3)13-14(32-18)17(29)26(16(13)28)11-7-5-6-10(8-11)21(22,23)24/h5-8,13-14H,4,9H2,1-3H3/t13-,14+/m1/s1. The van der Waals surface area contributed by atoms with Crippen LogP contribution in [0.4, 0.5) is 18.9 Å². The lowest BCUT2D eigenvalue weighted by molar-refractivity contribution is -0.144. The van der Waals surface area contributed by atoms with Crippen molar-refractivity contribution >= 4 is 46.6 Å². The number of carbonyl (C=O) groups is 3. The molecule has 3 heterocycles. The van der Waals surface area contributed by atoms with E-state index in [1.165, 1.54) is 10.6 Å². The van der Waals surface area contributed by atoms with Crippen LogP contribution in [0.3, 0.4) is 0 Å². The molecule has 0 saturated carbocycles. The number of alkyl halides is 3. The number of imide groups is 1. The van der Waals surface area contributed by atoms with Crippen molar-refractivity contribution in [1.82, 2.24) is 4.57 Å². The molecule has 33 heavy (non-hydrogen) atoms. The molecule has 7 nitrogen and oxygen atoms in total. The third-order valence-corrected chi connectivity index (χ3v) is 8.55. The topological polar surface area (TPSA) is 85.7 Å². The molecule has 0 unspecified atom stereocenters. The number of fused-ring (bicyclic) bond motifs is 2. The summed E-state index contributed by atoms with van der Waals surface area (Å²) in [6.07, 6.45) is -4.63. The second-order valence-electron chi connectivity index (χ2n) is 8.19. The Morgan fingerprint density at radius 3 is 2.52 bits per heavy atom. The van der Waals surface area contributed by atoms with Crippen LogP contribution in [0.2, 0.25) is 0 Å². The number of hydrogen-bond donors (Lipinski definition) is 0. The van der Waals surface area contributed by atoms with Crippen LogP contribution < -0.4 is 9.77 Å². The third-order valence-electron chi connectivity index (χ3n) is 5.73. The van der Waals surface area contributed by atoms with E-state index < -0.39 is 51.0 Å². The summed E-state index contributed by atoms with van der Waals surface area (Å²) < 4.78 is 45.7. The van der Waals surface area contributed by atoms with Gasteiger partial charge >= 0.3 is 17.0 Å². The lowest BCUT2D eigenvalue weighted by atomic mass is 9.76. The zero-order valence-electron chi connectivity index (χ0n) is 17.8. The number of benzene rings is 1. The van der Waals surface area contributed by atoms with Crippen molar-refractivity contribution in [2.75, 3.05) is 11.5 Å². The smallest absolute Gasteiger partial charge is 0.416 e. The highest BCUT2D eigenvalue weighted by molar-refractivity contribution is 8.00. The van der Waals surface area contributed by atoms with Crippen LogP contribution >= 0.6 is 23.1 Å². The second-order valence-corrected chi connectivity index (χ2v) is 10.3. The van der Waals surface area contributed by atoms with Crippen molar-refractivity contribution in [2.45, 2.75) is 49.2 Å². The van der Waals surface area contributed by atoms with E-state index in [1.807, 2.05) is 0 Å². The number of carbonyl (C=O) groups excluding carboxylic acids is 3. The molecule has 1 aromatic carbocycles. The Morgan fingerprint density at radius 2 is 1.88 bits per heavy atom. The first-order valence-corrected chi connectivity index (χ1v) is 11.7. The van der Waals surface area contributed by atoms with E-state index in [0.29, 0.717) is 9.90 Å². The monoisotopic (exact) mass is 500 g/mol. The Morgan fingerprint density at radius 1 is 1.18 bits per heavy atom. The van der Waals surface area contributed by atoms with Gasteiger partial charge in [-0.3, -0.25) is 23.7 Å². The Balaban J connectivity index is 1.75. The van der Waals surface area contributed by atoms with Crippen LogP contribution in [0, 0.1) is 5.92 Å². The maximum atomic E-state index is 13.3. The number of rotatable bonds is 4. The number of halogens is 3. The molecule has 1 saturated heterocycles. The van der Waals surface area contributed by atoms with E-state index in [0.717, 1.165) is 46.2 Å². The first-order chi connectivity index (χ1) is 15.4. The van der Waals surface area contributed by atoms with Gasteiger partial charge in [0, 0.05) is 10.3 Å². The lowest BCUT2D eigenvalue weighted by Gasteiger charge is -2.36. The fourth-order valence-electron chi connectivity index (χ4n) is 4.18. The molecule has 2 aliphatic rings. The Hall–Kier alpha value is -2.60. The third kappa shape index (κ3) is 3.78. The molecule has 12 heteroatoms. The van der Waals surface area contributed by atoms with E-state index in [2.05, 4.69) is 0 Å². The zero-order chi connectivity index (χ0) is 24.3. The number of esters is 1. The van der Waals surface area contributed by atoms with Crippen molar-refractivity contribution in [3.63, 3.8) is 0 Å². The quantitative estimate of drug-likeness (QED) is 0.472. The molecule has 1 aromatic heterocycles. The molecule has 0 N–H and O–H groups in total. The van der Waals surface area contributed by atoms with Gasteiger partial charge in [0.25, 0.3) is 0 Å². The SMILES string of the molecule is CCOC(=O)Cn1c2c(sc1=O)C(C)(C)[C@H]1C(=O)N(c3cccc(C(F)(F)F)c3)C(=O)[C@H]1S2. The number of ether oxygens (including phenoxy) is 1. The minimum atomic E-state index is -4.63. The van der Waals surface area contributed by atoms with Gasteiger partial charge in [-0.25, -0.2) is 4.90 Å². The lowest BCUT2D eigenvalue weighted by Crippen LogP contribution is -2.41. The minimum Gasteiger partial charge on any atom is -0.465 e. The van der Waals surface area contributed by atoms with Gasteiger partial charge < -0.3 is 4.74 Å². The van der Waals surface area contributed by atoms with E-state index in [-0.39, 0.29) is 18.8 Å². The summed E-state index contributed by atoms with van der Waals surface area (Å²) in [6.45, 7) is 4.88. The first-order valence-electron chi connectivity index (χ1n) is 9.99. The number of thioether (sulfide) groups is 1. The number of thiazole rings is 1. The molecule has 0 bridgehead atoms. The van der Waals surface area contributed by atoms with Crippen LogP contribution in [0.15, 0.2) is 34.1 Å². The van der Waals surface area contributed by atoms with Crippen LogP contribution in [0.25, 0.3) is 0 Å². The largest absolute Gasteiger partial charge is 0.465 e. The average molecular weight is 501 g/mol. The normalized spacial score (nSPS) is 21.7. The van der Waals surface area contributed by atoms with Gasteiger partial charge in [0.05, 0.1) is 28.8 Å². The van der Waals surface area contributed by atoms with Crippen LogP contribution in [-0.4, -0.2) is 34.2 Å². The zero-order valence-corrected chi connectivity index (χ0v) is 19.4. The molecule has 2 aromatic rings. The minimum absolute atomic E-state index is 0.141. The van der Waals surface area contributed by atoms with Gasteiger partial charge in [-0.15, -0.1) is 0 Å². The van der Waals surface area contributed by atoms with Crippen LogP contribution in [-0.2, 0) is 37.3 Å². The van der Waals surface area contributed by atoms with Crippen molar-refractivity contribution < 1.29 is 32.3 Å². The Bertz CT molecular complexity index is 1220. The van der Waals surface area contributed by atoms with Crippen molar-refractivity contribution in [1.29, 1.82) is 0 Å². The Labute approximate surface area is 194 Å². The molecule has 0 aliphatic carbocycles. The summed E-state index contributed by atoms with van der Waals surface area (Å²) in [4.78, 5) is 52.2. The fraction of sp³-hybridized carbons (Fsp3) is 0.429. The van der Waals surface area contributed by atoms with E-state index in [1.54, 1.807) is 20.8 Å². The molecule has 2 amide bonds. The molecule has 2 aliphatic heterocycles. The molecule has 1 fully saturated rings. The summed E-state index contributed by atoms with van der Waals surface area (Å²) in [5, 5.41) is -0.548.